The third-order valence-electron chi connectivity index (χ3n) is 6.46. The summed E-state index contributed by atoms with van der Waals surface area (Å²) < 4.78 is 16.7. The molecule has 1 unspecified atom stereocenters. The zero-order valence-corrected chi connectivity index (χ0v) is 14.8. The lowest BCUT2D eigenvalue weighted by Crippen LogP contribution is -2.34. The van der Waals surface area contributed by atoms with Crippen molar-refractivity contribution in [2.75, 3.05) is 18.0 Å². The van der Waals surface area contributed by atoms with Crippen molar-refractivity contribution in [2.24, 2.45) is 17.6 Å². The Morgan fingerprint density at radius 3 is 2.65 bits per heavy atom. The highest BCUT2D eigenvalue weighted by Crippen LogP contribution is 2.42. The molecule has 0 spiro atoms. The smallest absolute Gasteiger partial charge is 0.329 e. The van der Waals surface area contributed by atoms with E-state index in [0.29, 0.717) is 40.5 Å². The van der Waals surface area contributed by atoms with Crippen LogP contribution in [0.4, 0.5) is 10.1 Å². The summed E-state index contributed by atoms with van der Waals surface area (Å²) in [5, 5.41) is 0.308. The molecule has 2 saturated carbocycles. The molecule has 0 bridgehead atoms. The zero-order valence-electron chi connectivity index (χ0n) is 14.8. The maximum absolute atomic E-state index is 15.0. The van der Waals surface area contributed by atoms with Crippen molar-refractivity contribution in [3.63, 3.8) is 0 Å². The van der Waals surface area contributed by atoms with Crippen molar-refractivity contribution in [1.29, 1.82) is 0 Å². The van der Waals surface area contributed by atoms with Gasteiger partial charge >= 0.3 is 5.69 Å². The van der Waals surface area contributed by atoms with E-state index in [9.17, 15) is 9.59 Å². The van der Waals surface area contributed by atoms with Gasteiger partial charge in [-0.25, -0.2) is 9.18 Å². The number of aromatic nitrogens is 2. The first-order valence-corrected chi connectivity index (χ1v) is 9.44. The molecular formula is C19H23FN4O2. The Bertz CT molecular complexity index is 1020. The number of fused-ring (bicyclic) bond motifs is 2. The molecule has 3 aliphatic rings. The molecule has 3 atom stereocenters. The third kappa shape index (κ3) is 2.19. The second-order valence-electron chi connectivity index (χ2n) is 8.18. The van der Waals surface area contributed by atoms with Gasteiger partial charge in [0.15, 0.2) is 0 Å². The molecule has 1 aromatic heterocycles. The largest absolute Gasteiger partial charge is 0.368 e. The van der Waals surface area contributed by atoms with Gasteiger partial charge in [0, 0.05) is 25.2 Å². The molecule has 3 fully saturated rings. The molecule has 5 rings (SSSR count). The number of halogens is 1. The van der Waals surface area contributed by atoms with Gasteiger partial charge in [0.1, 0.15) is 5.82 Å². The second kappa shape index (κ2) is 5.42. The molecule has 6 nitrogen and oxygen atoms in total. The lowest BCUT2D eigenvalue weighted by Gasteiger charge is -2.24. The first kappa shape index (κ1) is 16.1. The van der Waals surface area contributed by atoms with E-state index in [1.807, 2.05) is 4.90 Å². The number of nitrogens with one attached hydrogen (secondary N) is 1. The molecule has 138 valence electrons. The molecule has 2 aliphatic carbocycles. The maximum Gasteiger partial charge on any atom is 0.329 e. The van der Waals surface area contributed by atoms with Crippen LogP contribution in [0.15, 0.2) is 15.7 Å². The third-order valence-corrected chi connectivity index (χ3v) is 6.46. The second-order valence-corrected chi connectivity index (χ2v) is 8.18. The predicted octanol–water partition coefficient (Wildman–Crippen LogP) is 1.65. The highest BCUT2D eigenvalue weighted by molar-refractivity contribution is 5.94. The van der Waals surface area contributed by atoms with Crippen LogP contribution in [0.25, 0.3) is 10.9 Å². The topological polar surface area (TPSA) is 84.1 Å². The molecule has 1 aliphatic heterocycles. The van der Waals surface area contributed by atoms with E-state index in [2.05, 4.69) is 4.98 Å². The number of rotatable bonds is 2. The van der Waals surface area contributed by atoms with E-state index in [0.717, 1.165) is 32.2 Å². The highest BCUT2D eigenvalue weighted by atomic mass is 19.1. The van der Waals surface area contributed by atoms with Crippen molar-refractivity contribution in [3.8, 4) is 0 Å². The van der Waals surface area contributed by atoms with Gasteiger partial charge in [-0.3, -0.25) is 14.3 Å². The van der Waals surface area contributed by atoms with Crippen LogP contribution in [-0.4, -0.2) is 28.7 Å². The van der Waals surface area contributed by atoms with Gasteiger partial charge in [-0.05, 0) is 56.1 Å². The normalized spacial score (nSPS) is 28.1. The van der Waals surface area contributed by atoms with Crippen LogP contribution in [0.3, 0.4) is 0 Å². The van der Waals surface area contributed by atoms with Crippen LogP contribution < -0.4 is 21.9 Å². The summed E-state index contributed by atoms with van der Waals surface area (Å²) in [6.07, 6.45) is 3.89. The Morgan fingerprint density at radius 2 is 1.96 bits per heavy atom. The van der Waals surface area contributed by atoms with Gasteiger partial charge < -0.3 is 10.6 Å². The minimum absolute atomic E-state index is 0.102. The van der Waals surface area contributed by atoms with Crippen molar-refractivity contribution in [2.45, 2.75) is 44.7 Å². The Morgan fingerprint density at radius 1 is 1.19 bits per heavy atom. The van der Waals surface area contributed by atoms with E-state index >= 15 is 4.39 Å². The van der Waals surface area contributed by atoms with E-state index in [-0.39, 0.29) is 12.1 Å². The molecule has 26 heavy (non-hydrogen) atoms. The van der Waals surface area contributed by atoms with E-state index in [1.165, 1.54) is 6.07 Å². The van der Waals surface area contributed by atoms with Gasteiger partial charge in [0.05, 0.1) is 16.6 Å². The molecule has 2 aromatic rings. The van der Waals surface area contributed by atoms with Crippen LogP contribution in [0.1, 0.15) is 37.3 Å². The number of hydrogen-bond acceptors (Lipinski definition) is 4. The first-order chi connectivity index (χ1) is 12.5. The number of aryl methyl sites for hydroxylation is 1. The van der Waals surface area contributed by atoms with Gasteiger partial charge in [-0.1, -0.05) is 0 Å². The van der Waals surface area contributed by atoms with Gasteiger partial charge in [0.2, 0.25) is 0 Å². The molecular weight excluding hydrogens is 335 g/mol. The van der Waals surface area contributed by atoms with Crippen molar-refractivity contribution in [1.82, 2.24) is 9.55 Å². The molecule has 2 heterocycles. The number of aromatic amines is 1. The Labute approximate surface area is 149 Å². The molecule has 1 saturated heterocycles. The monoisotopic (exact) mass is 358 g/mol. The van der Waals surface area contributed by atoms with Gasteiger partial charge in [0.25, 0.3) is 5.56 Å². The number of benzene rings is 1. The predicted molar refractivity (Wildman–Crippen MR) is 98.2 cm³/mol. The Hall–Kier alpha value is -2.15. The average Bonchev–Trinajstić information content (AvgIpc) is 3.23. The summed E-state index contributed by atoms with van der Waals surface area (Å²) in [5.41, 5.74) is 6.88. The van der Waals surface area contributed by atoms with Crippen LogP contribution in [0.2, 0.25) is 0 Å². The summed E-state index contributed by atoms with van der Waals surface area (Å²) >= 11 is 0. The lowest BCUT2D eigenvalue weighted by molar-refractivity contribution is 0.453. The Kier molecular flexibility index (Phi) is 3.35. The van der Waals surface area contributed by atoms with Crippen LogP contribution in [0, 0.1) is 24.6 Å². The number of anilines is 1. The fraction of sp³-hybridized carbons (Fsp3) is 0.579. The van der Waals surface area contributed by atoms with Crippen molar-refractivity contribution < 1.29 is 4.39 Å². The highest BCUT2D eigenvalue weighted by Gasteiger charge is 2.42. The summed E-state index contributed by atoms with van der Waals surface area (Å²) in [6, 6.07) is 1.71. The van der Waals surface area contributed by atoms with Crippen molar-refractivity contribution >= 4 is 16.6 Å². The Balaban J connectivity index is 1.75. The summed E-state index contributed by atoms with van der Waals surface area (Å²) in [6.45, 7) is 3.15. The molecule has 1 aromatic carbocycles. The number of nitrogens with two attached hydrogens (primary N) is 1. The summed E-state index contributed by atoms with van der Waals surface area (Å²) in [5.74, 6) is 0.406. The fourth-order valence-corrected chi connectivity index (χ4v) is 5.08. The van der Waals surface area contributed by atoms with Gasteiger partial charge in [-0.2, -0.15) is 0 Å². The minimum Gasteiger partial charge on any atom is -0.368 e. The maximum atomic E-state index is 15.0. The van der Waals surface area contributed by atoms with E-state index < -0.39 is 17.1 Å². The van der Waals surface area contributed by atoms with E-state index in [1.54, 1.807) is 11.5 Å². The van der Waals surface area contributed by atoms with Crippen LogP contribution >= 0.6 is 0 Å². The lowest BCUT2D eigenvalue weighted by atomic mass is 9.98. The molecule has 0 radical (unpaired) electrons. The zero-order chi connectivity index (χ0) is 18.2. The summed E-state index contributed by atoms with van der Waals surface area (Å²) in [7, 11) is 0. The number of H-pyrrole nitrogens is 1. The first-order valence-electron chi connectivity index (χ1n) is 9.44. The number of hydrogen-bond donors (Lipinski definition) is 2. The SMILES string of the molecule is Cc1cc(F)c(N2C[C@@H]3CCC(N)[C@@H]3C2)c2c(=O)[nH]c(=O)n(C3CC3)c12. The number of nitrogens with zero attached hydrogens (tertiary/aromatic N) is 2. The molecule has 0 amide bonds. The van der Waals surface area contributed by atoms with E-state index in [4.69, 9.17) is 5.73 Å². The van der Waals surface area contributed by atoms with Crippen LogP contribution in [-0.2, 0) is 0 Å². The molecule has 3 N–H and O–H groups in total. The average molecular weight is 358 g/mol. The minimum atomic E-state index is -0.499. The summed E-state index contributed by atoms with van der Waals surface area (Å²) in [4.78, 5) is 29.5. The van der Waals surface area contributed by atoms with Crippen LogP contribution in [0.5, 0.6) is 0 Å². The standard InChI is InChI=1S/C19H23FN4O2/c1-9-6-13(20)17(23-7-10-2-5-14(21)12(10)8-23)15-16(9)24(11-3-4-11)19(26)22-18(15)25/h6,10-12,14H,2-5,7-8,21H2,1H3,(H,22,25,26)/t10-,12+,14?/m0/s1. The molecule has 7 heteroatoms. The quantitative estimate of drug-likeness (QED) is 0.855. The van der Waals surface area contributed by atoms with Crippen molar-refractivity contribution in [3.05, 3.63) is 38.3 Å². The fourth-order valence-electron chi connectivity index (χ4n) is 5.08. The van der Waals surface area contributed by atoms with Gasteiger partial charge in [-0.15, -0.1) is 0 Å².